The minimum atomic E-state index is 0.184. The number of rotatable bonds is 4. The van der Waals surface area contributed by atoms with E-state index in [4.69, 9.17) is 26.1 Å². The van der Waals surface area contributed by atoms with Gasteiger partial charge >= 0.3 is 0 Å². The van der Waals surface area contributed by atoms with E-state index >= 15 is 0 Å². The molecule has 7 nitrogen and oxygen atoms in total. The van der Waals surface area contributed by atoms with Gasteiger partial charge in [-0.1, -0.05) is 36.8 Å². The predicted octanol–water partition coefficient (Wildman–Crippen LogP) is 3.03. The van der Waals surface area contributed by atoms with Crippen molar-refractivity contribution in [2.75, 3.05) is 39.4 Å². The molecule has 8 heteroatoms. The number of allylic oxidation sites excluding steroid dienone is 2. The zero-order chi connectivity index (χ0) is 20.5. The maximum Gasteiger partial charge on any atom is 0.296 e. The Morgan fingerprint density at radius 1 is 1.20 bits per heavy atom. The van der Waals surface area contributed by atoms with Gasteiger partial charge in [0.25, 0.3) is 6.01 Å². The molecule has 5 rings (SSSR count). The maximum absolute atomic E-state index is 6.61. The highest BCUT2D eigenvalue weighted by Crippen LogP contribution is 2.32. The van der Waals surface area contributed by atoms with Gasteiger partial charge in [0.1, 0.15) is 6.10 Å². The summed E-state index contributed by atoms with van der Waals surface area (Å²) in [6.45, 7) is 7.75. The molecule has 0 bridgehead atoms. The van der Waals surface area contributed by atoms with Gasteiger partial charge in [-0.3, -0.25) is 4.90 Å². The van der Waals surface area contributed by atoms with Crippen molar-refractivity contribution in [2.24, 2.45) is 5.92 Å². The Balaban J connectivity index is 1.36. The first-order chi connectivity index (χ1) is 14.7. The van der Waals surface area contributed by atoms with Crippen LogP contribution in [0.4, 0.5) is 0 Å². The van der Waals surface area contributed by atoms with Gasteiger partial charge in [-0.2, -0.15) is 4.98 Å². The largest absolute Gasteiger partial charge is 0.461 e. The second-order valence-electron chi connectivity index (χ2n) is 8.28. The van der Waals surface area contributed by atoms with Crippen LogP contribution in [0.25, 0.3) is 16.7 Å². The second-order valence-corrected chi connectivity index (χ2v) is 8.69. The van der Waals surface area contributed by atoms with Crippen LogP contribution in [0.3, 0.4) is 0 Å². The Kier molecular flexibility index (Phi) is 5.78. The van der Waals surface area contributed by atoms with Gasteiger partial charge in [0, 0.05) is 19.1 Å². The number of hydrogen-bond donors (Lipinski definition) is 2. The van der Waals surface area contributed by atoms with Gasteiger partial charge in [-0.05, 0) is 43.5 Å². The summed E-state index contributed by atoms with van der Waals surface area (Å²) >= 11 is 6.61. The number of pyridine rings is 1. The summed E-state index contributed by atoms with van der Waals surface area (Å²) in [7, 11) is 0. The Morgan fingerprint density at radius 3 is 2.77 bits per heavy atom. The van der Waals surface area contributed by atoms with Crippen molar-refractivity contribution in [1.82, 2.24) is 25.2 Å². The van der Waals surface area contributed by atoms with Gasteiger partial charge < -0.3 is 19.8 Å². The summed E-state index contributed by atoms with van der Waals surface area (Å²) in [6, 6.07) is 2.80. The number of imidazole rings is 1. The molecule has 2 aromatic heterocycles. The number of morpholine rings is 1. The van der Waals surface area contributed by atoms with Crippen molar-refractivity contribution in [3.8, 4) is 6.01 Å². The van der Waals surface area contributed by atoms with Gasteiger partial charge in [0.2, 0.25) is 0 Å². The molecule has 2 aromatic rings. The minimum absolute atomic E-state index is 0.184. The third kappa shape index (κ3) is 4.12. The first-order valence-corrected chi connectivity index (χ1v) is 11.2. The van der Waals surface area contributed by atoms with Crippen LogP contribution in [-0.2, 0) is 4.74 Å². The maximum atomic E-state index is 6.61. The number of hydrogen-bond acceptors (Lipinski definition) is 6. The molecule has 0 spiro atoms. The highest BCUT2D eigenvalue weighted by atomic mass is 35.5. The fourth-order valence-corrected chi connectivity index (χ4v) is 4.79. The highest BCUT2D eigenvalue weighted by Gasteiger charge is 2.26. The normalized spacial score (nSPS) is 26.1. The summed E-state index contributed by atoms with van der Waals surface area (Å²) in [4.78, 5) is 15.0. The van der Waals surface area contributed by atoms with Crippen LogP contribution in [0.1, 0.15) is 25.5 Å². The van der Waals surface area contributed by atoms with Crippen LogP contribution in [0.5, 0.6) is 6.01 Å². The smallest absolute Gasteiger partial charge is 0.296 e. The van der Waals surface area contributed by atoms with E-state index in [1.165, 1.54) is 0 Å². The van der Waals surface area contributed by atoms with E-state index in [0.717, 1.165) is 69.0 Å². The third-order valence-corrected chi connectivity index (χ3v) is 6.45. The number of aromatic nitrogens is 3. The lowest BCUT2D eigenvalue weighted by Gasteiger charge is -2.37. The van der Waals surface area contributed by atoms with Crippen LogP contribution < -0.4 is 10.1 Å². The van der Waals surface area contributed by atoms with Crippen molar-refractivity contribution < 1.29 is 9.47 Å². The molecular formula is C22H28ClN5O2. The molecule has 0 amide bonds. The average molecular weight is 430 g/mol. The zero-order valence-electron chi connectivity index (χ0n) is 17.2. The number of piperidine rings is 1. The number of fused-ring (bicyclic) bond motifs is 1. The lowest BCUT2D eigenvalue weighted by Crippen LogP contribution is -2.45. The second kappa shape index (κ2) is 8.67. The summed E-state index contributed by atoms with van der Waals surface area (Å²) in [5.41, 5.74) is 3.25. The number of halogens is 1. The monoisotopic (exact) mass is 429 g/mol. The summed E-state index contributed by atoms with van der Waals surface area (Å²) in [5, 5.41) is 3.96. The molecule has 0 aromatic carbocycles. The third-order valence-electron chi connectivity index (χ3n) is 6.16. The van der Waals surface area contributed by atoms with Crippen LogP contribution in [-0.4, -0.2) is 71.4 Å². The standard InChI is InChI=1S/C22H28ClN5O2/c1-14-12-15(2-3-19(14)28-8-10-29-11-9-28)20-17(23)13-18-21(26-20)27-22(25-18)30-16-4-6-24-7-5-16/h2-3,12-14,16,19,24H,4-11H2,1H3,(H,25,26,27). The Morgan fingerprint density at radius 2 is 2.00 bits per heavy atom. The van der Waals surface area contributed by atoms with Crippen molar-refractivity contribution in [2.45, 2.75) is 31.9 Å². The molecule has 2 fully saturated rings. The number of nitrogens with one attached hydrogen (secondary N) is 2. The van der Waals surface area contributed by atoms with E-state index in [1.54, 1.807) is 0 Å². The van der Waals surface area contributed by atoms with E-state index in [2.05, 4.69) is 45.3 Å². The predicted molar refractivity (Wildman–Crippen MR) is 118 cm³/mol. The van der Waals surface area contributed by atoms with Crippen molar-refractivity contribution in [3.63, 3.8) is 0 Å². The van der Waals surface area contributed by atoms with Gasteiger partial charge in [0.05, 0.1) is 29.4 Å². The number of aromatic amines is 1. The molecule has 1 aliphatic carbocycles. The van der Waals surface area contributed by atoms with Crippen LogP contribution in [0.15, 0.2) is 24.3 Å². The molecule has 2 N–H and O–H groups in total. The van der Waals surface area contributed by atoms with Crippen LogP contribution >= 0.6 is 11.6 Å². The van der Waals surface area contributed by atoms with Crippen LogP contribution in [0.2, 0.25) is 5.02 Å². The Hall–Kier alpha value is -1.93. The average Bonchev–Trinajstić information content (AvgIpc) is 3.15. The molecule has 0 saturated carbocycles. The van der Waals surface area contributed by atoms with E-state index in [0.29, 0.717) is 28.6 Å². The molecule has 0 radical (unpaired) electrons. The summed E-state index contributed by atoms with van der Waals surface area (Å²) < 4.78 is 11.5. The molecule has 4 heterocycles. The Labute approximate surface area is 181 Å². The molecule has 160 valence electrons. The first kappa shape index (κ1) is 20.0. The first-order valence-electron chi connectivity index (χ1n) is 10.8. The SMILES string of the molecule is CC1C=C(c2nc3nc(OC4CCNCC4)[nH]c3cc2Cl)C=CC1N1CCOCC1. The Bertz CT molecular complexity index is 960. The van der Waals surface area contributed by atoms with Crippen molar-refractivity contribution >= 4 is 28.3 Å². The van der Waals surface area contributed by atoms with Gasteiger partial charge in [0.15, 0.2) is 5.65 Å². The van der Waals surface area contributed by atoms with E-state index in [9.17, 15) is 0 Å². The fraction of sp³-hybridized carbons (Fsp3) is 0.545. The lowest BCUT2D eigenvalue weighted by molar-refractivity contribution is 0.0194. The van der Waals surface area contributed by atoms with Gasteiger partial charge in [-0.25, -0.2) is 4.98 Å². The van der Waals surface area contributed by atoms with E-state index < -0.39 is 0 Å². The van der Waals surface area contributed by atoms with Gasteiger partial charge in [-0.15, -0.1) is 0 Å². The number of H-pyrrole nitrogens is 1. The fourth-order valence-electron chi connectivity index (χ4n) is 4.53. The molecule has 3 aliphatic rings. The highest BCUT2D eigenvalue weighted by molar-refractivity contribution is 6.32. The van der Waals surface area contributed by atoms with Crippen LogP contribution in [0, 0.1) is 5.92 Å². The number of nitrogens with zero attached hydrogens (tertiary/aromatic N) is 3. The lowest BCUT2D eigenvalue weighted by atomic mass is 9.90. The molecule has 2 aliphatic heterocycles. The molecule has 2 unspecified atom stereocenters. The van der Waals surface area contributed by atoms with E-state index in [1.807, 2.05) is 6.07 Å². The van der Waals surface area contributed by atoms with E-state index in [-0.39, 0.29) is 6.10 Å². The molecular weight excluding hydrogens is 402 g/mol. The molecule has 30 heavy (non-hydrogen) atoms. The number of ether oxygens (including phenoxy) is 2. The molecule has 2 saturated heterocycles. The van der Waals surface area contributed by atoms with Crippen molar-refractivity contribution in [3.05, 3.63) is 35.0 Å². The topological polar surface area (TPSA) is 75.3 Å². The summed E-state index contributed by atoms with van der Waals surface area (Å²) in [6.07, 6.45) is 8.82. The quantitative estimate of drug-likeness (QED) is 0.778. The summed E-state index contributed by atoms with van der Waals surface area (Å²) in [5.74, 6) is 0.370. The zero-order valence-corrected chi connectivity index (χ0v) is 18.0. The molecule has 2 atom stereocenters. The minimum Gasteiger partial charge on any atom is -0.461 e. The van der Waals surface area contributed by atoms with Crippen molar-refractivity contribution in [1.29, 1.82) is 0 Å².